The zero-order chi connectivity index (χ0) is 13.4. The minimum Gasteiger partial charge on any atom is -0.493 e. The molecule has 1 N–H and O–H groups in total. The molecule has 18 heavy (non-hydrogen) atoms. The highest BCUT2D eigenvalue weighted by atomic mass is 16.5. The molecule has 1 rings (SSSR count). The van der Waals surface area contributed by atoms with Crippen molar-refractivity contribution in [3.05, 3.63) is 23.8 Å². The van der Waals surface area contributed by atoms with Gasteiger partial charge in [-0.2, -0.15) is 0 Å². The summed E-state index contributed by atoms with van der Waals surface area (Å²) in [5.74, 6) is 2.04. The molecule has 0 fully saturated rings. The molecule has 0 aliphatic heterocycles. The molecule has 1 unspecified atom stereocenters. The van der Waals surface area contributed by atoms with Crippen molar-refractivity contribution in [1.29, 1.82) is 0 Å². The fourth-order valence-corrected chi connectivity index (χ4v) is 1.46. The van der Waals surface area contributed by atoms with Crippen LogP contribution in [0.2, 0.25) is 0 Å². The van der Waals surface area contributed by atoms with Crippen LogP contribution in [-0.4, -0.2) is 18.3 Å². The maximum atomic E-state index is 9.29. The van der Waals surface area contributed by atoms with E-state index in [4.69, 9.17) is 9.47 Å². The van der Waals surface area contributed by atoms with E-state index >= 15 is 0 Å². The second-order valence-corrected chi connectivity index (χ2v) is 4.60. The molecular weight excluding hydrogens is 228 g/mol. The normalized spacial score (nSPS) is 12.2. The van der Waals surface area contributed by atoms with E-state index in [0.29, 0.717) is 19.1 Å². The van der Waals surface area contributed by atoms with Gasteiger partial charge < -0.3 is 14.6 Å². The van der Waals surface area contributed by atoms with Gasteiger partial charge in [0.2, 0.25) is 0 Å². The van der Waals surface area contributed by atoms with Crippen LogP contribution in [0.4, 0.5) is 0 Å². The summed E-state index contributed by atoms with van der Waals surface area (Å²) >= 11 is 0. The maximum absolute atomic E-state index is 9.29. The van der Waals surface area contributed by atoms with Gasteiger partial charge in [-0.15, -0.1) is 0 Å². The second-order valence-electron chi connectivity index (χ2n) is 4.60. The highest BCUT2D eigenvalue weighted by molar-refractivity contribution is 5.40. The predicted molar refractivity (Wildman–Crippen MR) is 73.1 cm³/mol. The topological polar surface area (TPSA) is 38.7 Å². The first kappa shape index (κ1) is 14.8. The lowest BCUT2D eigenvalue weighted by molar-refractivity contribution is 0.235. The van der Waals surface area contributed by atoms with Gasteiger partial charge in [0.25, 0.3) is 0 Å². The Morgan fingerprint density at radius 2 is 2.00 bits per heavy atom. The lowest BCUT2D eigenvalue weighted by atomic mass is 10.1. The Morgan fingerprint density at radius 1 is 1.22 bits per heavy atom. The quantitative estimate of drug-likeness (QED) is 0.770. The summed E-state index contributed by atoms with van der Waals surface area (Å²) in [6.45, 7) is 7.72. The van der Waals surface area contributed by atoms with E-state index in [1.54, 1.807) is 0 Å². The molecule has 0 aliphatic rings. The average Bonchev–Trinajstić information content (AvgIpc) is 2.42. The van der Waals surface area contributed by atoms with Crippen molar-refractivity contribution < 1.29 is 14.6 Å². The molecule has 0 radical (unpaired) electrons. The predicted octanol–water partition coefficient (Wildman–Crippen LogP) is 3.39. The molecule has 1 atom stereocenters. The second kappa shape index (κ2) is 7.98. The van der Waals surface area contributed by atoms with Crippen LogP contribution in [0.15, 0.2) is 18.2 Å². The first-order chi connectivity index (χ1) is 8.71. The van der Waals surface area contributed by atoms with E-state index < -0.39 is 0 Å². The molecule has 0 aliphatic carbocycles. The van der Waals surface area contributed by atoms with E-state index in [1.165, 1.54) is 0 Å². The Morgan fingerprint density at radius 3 is 2.61 bits per heavy atom. The molecule has 1 aromatic carbocycles. The molecule has 1 aromatic rings. The molecule has 0 heterocycles. The first-order valence-electron chi connectivity index (χ1n) is 6.70. The van der Waals surface area contributed by atoms with Crippen molar-refractivity contribution in [1.82, 2.24) is 0 Å². The number of hydrogen-bond acceptors (Lipinski definition) is 3. The summed E-state index contributed by atoms with van der Waals surface area (Å²) in [5, 5.41) is 9.29. The van der Waals surface area contributed by atoms with Crippen LogP contribution >= 0.6 is 0 Å². The SMILES string of the molecule is CCCOc1ccc(CO)c(OCC(C)CC)c1. The molecule has 0 saturated carbocycles. The van der Waals surface area contributed by atoms with E-state index in [-0.39, 0.29) is 6.61 Å². The summed E-state index contributed by atoms with van der Waals surface area (Å²) in [4.78, 5) is 0. The third-order valence-corrected chi connectivity index (χ3v) is 2.90. The summed E-state index contributed by atoms with van der Waals surface area (Å²) in [7, 11) is 0. The monoisotopic (exact) mass is 252 g/mol. The maximum Gasteiger partial charge on any atom is 0.128 e. The third kappa shape index (κ3) is 4.57. The zero-order valence-electron chi connectivity index (χ0n) is 11.6. The number of rotatable bonds is 8. The molecule has 0 spiro atoms. The van der Waals surface area contributed by atoms with E-state index in [1.807, 2.05) is 18.2 Å². The van der Waals surface area contributed by atoms with Crippen molar-refractivity contribution in [3.8, 4) is 11.5 Å². The van der Waals surface area contributed by atoms with Crippen LogP contribution in [0, 0.1) is 5.92 Å². The van der Waals surface area contributed by atoms with Gasteiger partial charge in [0.1, 0.15) is 11.5 Å². The summed E-state index contributed by atoms with van der Waals surface area (Å²) < 4.78 is 11.3. The Bertz CT molecular complexity index is 350. The van der Waals surface area contributed by atoms with Crippen LogP contribution in [0.25, 0.3) is 0 Å². The number of aliphatic hydroxyl groups is 1. The zero-order valence-corrected chi connectivity index (χ0v) is 11.6. The lowest BCUT2D eigenvalue weighted by Gasteiger charge is -2.15. The van der Waals surface area contributed by atoms with Crippen LogP contribution in [0.3, 0.4) is 0 Å². The van der Waals surface area contributed by atoms with E-state index in [0.717, 1.165) is 29.9 Å². The number of hydrogen-bond donors (Lipinski definition) is 1. The summed E-state index contributed by atoms with van der Waals surface area (Å²) in [6, 6.07) is 5.60. The van der Waals surface area contributed by atoms with Gasteiger partial charge in [-0.25, -0.2) is 0 Å². The fourth-order valence-electron chi connectivity index (χ4n) is 1.46. The highest BCUT2D eigenvalue weighted by Crippen LogP contribution is 2.26. The smallest absolute Gasteiger partial charge is 0.128 e. The van der Waals surface area contributed by atoms with Gasteiger partial charge in [-0.05, 0) is 24.5 Å². The van der Waals surface area contributed by atoms with Gasteiger partial charge in [0, 0.05) is 11.6 Å². The van der Waals surface area contributed by atoms with Crippen molar-refractivity contribution >= 4 is 0 Å². The highest BCUT2D eigenvalue weighted by Gasteiger charge is 2.07. The summed E-state index contributed by atoms with van der Waals surface area (Å²) in [5.41, 5.74) is 0.808. The van der Waals surface area contributed by atoms with Crippen LogP contribution in [0.5, 0.6) is 11.5 Å². The Labute approximate surface area is 110 Å². The largest absolute Gasteiger partial charge is 0.493 e. The Kier molecular flexibility index (Phi) is 6.58. The fraction of sp³-hybridized carbons (Fsp3) is 0.600. The third-order valence-electron chi connectivity index (χ3n) is 2.90. The van der Waals surface area contributed by atoms with Gasteiger partial charge in [-0.1, -0.05) is 27.2 Å². The van der Waals surface area contributed by atoms with Crippen molar-refractivity contribution in [2.75, 3.05) is 13.2 Å². The number of aliphatic hydroxyl groups excluding tert-OH is 1. The minimum atomic E-state index is -0.0100. The van der Waals surface area contributed by atoms with Crippen LogP contribution in [-0.2, 0) is 6.61 Å². The number of benzene rings is 1. The van der Waals surface area contributed by atoms with Gasteiger partial charge in [0.15, 0.2) is 0 Å². The van der Waals surface area contributed by atoms with E-state index in [9.17, 15) is 5.11 Å². The molecular formula is C15H24O3. The molecule has 102 valence electrons. The van der Waals surface area contributed by atoms with Gasteiger partial charge in [0.05, 0.1) is 19.8 Å². The van der Waals surface area contributed by atoms with Crippen LogP contribution in [0.1, 0.15) is 39.2 Å². The van der Waals surface area contributed by atoms with Crippen LogP contribution < -0.4 is 9.47 Å². The minimum absolute atomic E-state index is 0.0100. The van der Waals surface area contributed by atoms with Crippen molar-refractivity contribution in [3.63, 3.8) is 0 Å². The van der Waals surface area contributed by atoms with E-state index in [2.05, 4.69) is 20.8 Å². The standard InChI is InChI=1S/C15H24O3/c1-4-8-17-14-7-6-13(10-16)15(9-14)18-11-12(3)5-2/h6-7,9,12,16H,4-5,8,10-11H2,1-3H3. The lowest BCUT2D eigenvalue weighted by Crippen LogP contribution is -2.09. The Hall–Kier alpha value is -1.22. The van der Waals surface area contributed by atoms with Crippen molar-refractivity contribution in [2.24, 2.45) is 5.92 Å². The molecule has 0 aromatic heterocycles. The molecule has 0 saturated heterocycles. The Balaban J connectivity index is 2.71. The summed E-state index contributed by atoms with van der Waals surface area (Å²) in [6.07, 6.45) is 2.06. The average molecular weight is 252 g/mol. The number of ether oxygens (including phenoxy) is 2. The molecule has 3 nitrogen and oxygen atoms in total. The molecule has 0 amide bonds. The van der Waals surface area contributed by atoms with Gasteiger partial charge >= 0.3 is 0 Å². The first-order valence-corrected chi connectivity index (χ1v) is 6.70. The molecule has 0 bridgehead atoms. The molecule has 3 heteroatoms. The van der Waals surface area contributed by atoms with Gasteiger partial charge in [-0.3, -0.25) is 0 Å². The van der Waals surface area contributed by atoms with Crippen molar-refractivity contribution in [2.45, 2.75) is 40.2 Å².